The van der Waals surface area contributed by atoms with Gasteiger partial charge in [-0.25, -0.2) is 9.69 Å². The third-order valence-electron chi connectivity index (χ3n) is 2.14. The van der Waals surface area contributed by atoms with E-state index in [9.17, 15) is 9.90 Å². The molecular formula is C12H13Cl2NO3. The number of halogens is 2. The van der Waals surface area contributed by atoms with Crippen LogP contribution in [0, 0.1) is 6.92 Å². The topological polar surface area (TPSA) is 49.8 Å². The summed E-state index contributed by atoms with van der Waals surface area (Å²) in [6.07, 6.45) is 1.45. The second-order valence-electron chi connectivity index (χ2n) is 3.45. The third kappa shape index (κ3) is 3.55. The molecule has 0 unspecified atom stereocenters. The van der Waals surface area contributed by atoms with E-state index in [2.05, 4.69) is 0 Å². The van der Waals surface area contributed by atoms with Crippen molar-refractivity contribution in [1.82, 2.24) is 0 Å². The molecule has 0 bridgehead atoms. The van der Waals surface area contributed by atoms with Crippen molar-refractivity contribution in [2.45, 2.75) is 13.8 Å². The normalized spacial score (nSPS) is 10.7. The van der Waals surface area contributed by atoms with Crippen molar-refractivity contribution in [3.05, 3.63) is 40.2 Å². The first-order valence-electron chi connectivity index (χ1n) is 5.23. The molecule has 1 rings (SSSR count). The van der Waals surface area contributed by atoms with E-state index < -0.39 is 6.09 Å². The minimum atomic E-state index is -1.15. The Morgan fingerprint density at radius 2 is 2.17 bits per heavy atom. The van der Waals surface area contributed by atoms with E-state index in [4.69, 9.17) is 27.9 Å². The highest BCUT2D eigenvalue weighted by atomic mass is 35.5. The van der Waals surface area contributed by atoms with Crippen LogP contribution in [0.2, 0.25) is 10.0 Å². The van der Waals surface area contributed by atoms with Gasteiger partial charge in [0, 0.05) is 5.02 Å². The highest BCUT2D eigenvalue weighted by molar-refractivity contribution is 6.37. The Balaban J connectivity index is 3.18. The van der Waals surface area contributed by atoms with Gasteiger partial charge >= 0.3 is 6.09 Å². The predicted octanol–water partition coefficient (Wildman–Crippen LogP) is 4.29. The highest BCUT2D eigenvalue weighted by Gasteiger charge is 2.18. The summed E-state index contributed by atoms with van der Waals surface area (Å²) >= 11 is 11.9. The largest absolute Gasteiger partial charge is 0.500 e. The average molecular weight is 290 g/mol. The van der Waals surface area contributed by atoms with Crippen LogP contribution in [0.1, 0.15) is 12.5 Å². The Kier molecular flexibility index (Phi) is 5.31. The lowest BCUT2D eigenvalue weighted by Gasteiger charge is -2.18. The standard InChI is InChI=1S/C12H13Cl2NO3/c1-3-18-5-4-15(12(16)17)11-8(2)6-9(13)7-10(11)14/h4-7H,3H2,1-2H3,(H,16,17)/b5-4+. The molecule has 0 aromatic heterocycles. The van der Waals surface area contributed by atoms with Gasteiger partial charge in [-0.05, 0) is 31.5 Å². The molecule has 0 atom stereocenters. The maximum absolute atomic E-state index is 11.2. The van der Waals surface area contributed by atoms with E-state index in [0.29, 0.717) is 22.9 Å². The minimum Gasteiger partial charge on any atom is -0.500 e. The number of carbonyl (C=O) groups is 1. The molecule has 0 heterocycles. The fourth-order valence-electron chi connectivity index (χ4n) is 1.43. The van der Waals surface area contributed by atoms with Crippen LogP contribution in [0.3, 0.4) is 0 Å². The lowest BCUT2D eigenvalue weighted by atomic mass is 10.2. The number of benzene rings is 1. The van der Waals surface area contributed by atoms with Crippen molar-refractivity contribution in [3.63, 3.8) is 0 Å². The van der Waals surface area contributed by atoms with Crippen LogP contribution in [0.5, 0.6) is 0 Å². The van der Waals surface area contributed by atoms with E-state index in [1.165, 1.54) is 18.5 Å². The number of anilines is 1. The van der Waals surface area contributed by atoms with Crippen LogP contribution in [0.25, 0.3) is 0 Å². The van der Waals surface area contributed by atoms with Crippen LogP contribution in [0.4, 0.5) is 10.5 Å². The quantitative estimate of drug-likeness (QED) is 0.841. The number of nitrogens with zero attached hydrogens (tertiary/aromatic N) is 1. The summed E-state index contributed by atoms with van der Waals surface area (Å²) in [5.41, 5.74) is 1.03. The number of aryl methyl sites for hydroxylation is 1. The monoisotopic (exact) mass is 289 g/mol. The first kappa shape index (κ1) is 14.7. The molecule has 6 heteroatoms. The van der Waals surface area contributed by atoms with Crippen molar-refractivity contribution in [2.24, 2.45) is 0 Å². The number of hydrogen-bond acceptors (Lipinski definition) is 2. The summed E-state index contributed by atoms with van der Waals surface area (Å²) in [7, 11) is 0. The van der Waals surface area contributed by atoms with E-state index in [1.807, 2.05) is 0 Å². The zero-order valence-corrected chi connectivity index (χ0v) is 11.5. The second-order valence-corrected chi connectivity index (χ2v) is 4.29. The summed E-state index contributed by atoms with van der Waals surface area (Å²) in [6, 6.07) is 3.14. The van der Waals surface area contributed by atoms with E-state index >= 15 is 0 Å². The van der Waals surface area contributed by atoms with Crippen molar-refractivity contribution < 1.29 is 14.6 Å². The molecule has 0 saturated heterocycles. The first-order valence-corrected chi connectivity index (χ1v) is 5.99. The fraction of sp³-hybridized carbons (Fsp3) is 0.250. The summed E-state index contributed by atoms with van der Waals surface area (Å²) < 4.78 is 4.98. The SMILES string of the molecule is CCO/C=C/N(C(=O)O)c1c(C)cc(Cl)cc1Cl. The van der Waals surface area contributed by atoms with Gasteiger partial charge in [0.25, 0.3) is 0 Å². The van der Waals surface area contributed by atoms with E-state index in [-0.39, 0.29) is 5.02 Å². The van der Waals surface area contributed by atoms with Crippen molar-refractivity contribution in [3.8, 4) is 0 Å². The number of ether oxygens (including phenoxy) is 1. The summed E-state index contributed by atoms with van der Waals surface area (Å²) in [5.74, 6) is 0. The van der Waals surface area contributed by atoms with Gasteiger partial charge in [0.15, 0.2) is 0 Å². The fourth-order valence-corrected chi connectivity index (χ4v) is 2.12. The molecule has 0 aliphatic carbocycles. The second kappa shape index (κ2) is 6.52. The summed E-state index contributed by atoms with van der Waals surface area (Å²) in [6.45, 7) is 3.99. The van der Waals surface area contributed by atoms with Crippen LogP contribution in [-0.2, 0) is 4.74 Å². The highest BCUT2D eigenvalue weighted by Crippen LogP contribution is 2.33. The van der Waals surface area contributed by atoms with Crippen LogP contribution >= 0.6 is 23.2 Å². The van der Waals surface area contributed by atoms with Crippen molar-refractivity contribution >= 4 is 35.0 Å². The molecule has 0 fully saturated rings. The number of rotatable bonds is 4. The lowest BCUT2D eigenvalue weighted by molar-refractivity contribution is 0.203. The van der Waals surface area contributed by atoms with Gasteiger partial charge < -0.3 is 9.84 Å². The Morgan fingerprint density at radius 3 is 2.67 bits per heavy atom. The van der Waals surface area contributed by atoms with Gasteiger partial charge in [-0.2, -0.15) is 0 Å². The Bertz CT molecular complexity index is 451. The van der Waals surface area contributed by atoms with E-state index in [1.54, 1.807) is 19.9 Å². The van der Waals surface area contributed by atoms with Crippen LogP contribution < -0.4 is 4.90 Å². The van der Waals surface area contributed by atoms with Gasteiger partial charge in [0.1, 0.15) is 0 Å². The zero-order valence-electron chi connectivity index (χ0n) is 9.98. The zero-order chi connectivity index (χ0) is 13.7. The molecule has 18 heavy (non-hydrogen) atoms. The molecule has 0 radical (unpaired) electrons. The molecule has 0 aliphatic heterocycles. The average Bonchev–Trinajstić information content (AvgIpc) is 2.25. The lowest BCUT2D eigenvalue weighted by Crippen LogP contribution is -2.24. The van der Waals surface area contributed by atoms with Gasteiger partial charge in [0.2, 0.25) is 0 Å². The maximum Gasteiger partial charge on any atom is 0.416 e. The Labute approximate surface area is 115 Å². The van der Waals surface area contributed by atoms with E-state index in [0.717, 1.165) is 4.90 Å². The molecule has 98 valence electrons. The van der Waals surface area contributed by atoms with Gasteiger partial charge in [0.05, 0.1) is 29.8 Å². The smallest absolute Gasteiger partial charge is 0.416 e. The molecule has 1 N–H and O–H groups in total. The first-order chi connectivity index (χ1) is 8.47. The maximum atomic E-state index is 11.2. The Hall–Kier alpha value is -1.39. The van der Waals surface area contributed by atoms with Gasteiger partial charge in [-0.1, -0.05) is 23.2 Å². The van der Waals surface area contributed by atoms with Crippen LogP contribution in [0.15, 0.2) is 24.6 Å². The van der Waals surface area contributed by atoms with Gasteiger partial charge in [-0.3, -0.25) is 0 Å². The Morgan fingerprint density at radius 1 is 1.50 bits per heavy atom. The summed E-state index contributed by atoms with van der Waals surface area (Å²) in [5, 5.41) is 9.90. The molecule has 0 saturated carbocycles. The molecule has 1 amide bonds. The molecule has 4 nitrogen and oxygen atoms in total. The van der Waals surface area contributed by atoms with Gasteiger partial charge in [-0.15, -0.1) is 0 Å². The molecular weight excluding hydrogens is 277 g/mol. The summed E-state index contributed by atoms with van der Waals surface area (Å²) in [4.78, 5) is 12.2. The predicted molar refractivity (Wildman–Crippen MR) is 72.5 cm³/mol. The molecule has 0 spiro atoms. The molecule has 1 aromatic carbocycles. The number of amides is 1. The third-order valence-corrected chi connectivity index (χ3v) is 2.64. The number of hydrogen-bond donors (Lipinski definition) is 1. The van der Waals surface area contributed by atoms with Crippen LogP contribution in [-0.4, -0.2) is 17.8 Å². The number of carboxylic acid groups (broad SMARTS) is 1. The molecule has 1 aromatic rings. The minimum absolute atomic E-state index is 0.267. The van der Waals surface area contributed by atoms with Crippen molar-refractivity contribution in [2.75, 3.05) is 11.5 Å². The molecule has 0 aliphatic rings. The van der Waals surface area contributed by atoms with Crippen molar-refractivity contribution in [1.29, 1.82) is 0 Å².